The Morgan fingerprint density at radius 3 is 2.80 bits per heavy atom. The number of urea groups is 1. The van der Waals surface area contributed by atoms with Crippen LogP contribution in [-0.4, -0.2) is 56.3 Å². The predicted octanol–water partition coefficient (Wildman–Crippen LogP) is 3.47. The minimum Gasteiger partial charge on any atom is -0.485 e. The molecule has 5 N–H and O–H groups in total. The minimum atomic E-state index is -0.603. The molecule has 0 bridgehead atoms. The van der Waals surface area contributed by atoms with Gasteiger partial charge in [0, 0.05) is 31.4 Å². The SMILES string of the molecule is CC(C)N(C)C(=O)Nc1c[nH]nc1-c1nc2cc(F)c(OC(C)(C)CCN)cc2[nH]1. The zero-order valence-corrected chi connectivity index (χ0v) is 17.8. The topological polar surface area (TPSA) is 125 Å². The van der Waals surface area contributed by atoms with E-state index in [1.54, 1.807) is 24.2 Å². The molecule has 0 aliphatic heterocycles. The molecule has 30 heavy (non-hydrogen) atoms. The molecule has 2 aromatic heterocycles. The molecule has 0 saturated carbocycles. The number of hydrogen-bond donors (Lipinski definition) is 4. The molecule has 0 atom stereocenters. The predicted molar refractivity (Wildman–Crippen MR) is 114 cm³/mol. The Hall–Kier alpha value is -3.14. The molecule has 3 rings (SSSR count). The van der Waals surface area contributed by atoms with Gasteiger partial charge in [0.15, 0.2) is 23.1 Å². The standard InChI is InChI=1S/C20H28FN7O2/c1-11(2)28(5)19(29)26-15-10-23-27-17(15)18-24-13-8-12(21)16(9-14(13)25-18)30-20(3,4)6-7-22/h8-11H,6-7,22H2,1-5H3,(H,23,27)(H,24,25)(H,26,29). The summed E-state index contributed by atoms with van der Waals surface area (Å²) in [4.78, 5) is 21.5. The molecule has 2 heterocycles. The molecule has 0 radical (unpaired) electrons. The van der Waals surface area contributed by atoms with E-state index in [2.05, 4.69) is 25.5 Å². The fraction of sp³-hybridized carbons (Fsp3) is 0.450. The largest absolute Gasteiger partial charge is 0.485 e. The lowest BCUT2D eigenvalue weighted by molar-refractivity contribution is 0.0969. The van der Waals surface area contributed by atoms with Crippen molar-refractivity contribution in [2.45, 2.75) is 45.8 Å². The summed E-state index contributed by atoms with van der Waals surface area (Å²) < 4.78 is 20.4. The van der Waals surface area contributed by atoms with Crippen LogP contribution < -0.4 is 15.8 Å². The highest BCUT2D eigenvalue weighted by Gasteiger charge is 2.23. The summed E-state index contributed by atoms with van der Waals surface area (Å²) in [6, 6.07) is 2.64. The number of nitrogens with two attached hydrogens (primary N) is 1. The van der Waals surface area contributed by atoms with Crippen LogP contribution in [0.5, 0.6) is 5.75 Å². The number of nitrogens with zero attached hydrogens (tertiary/aromatic N) is 3. The smallest absolute Gasteiger partial charge is 0.321 e. The Kier molecular flexibility index (Phi) is 5.97. The van der Waals surface area contributed by atoms with Crippen molar-refractivity contribution >= 4 is 22.8 Å². The second-order valence-electron chi connectivity index (χ2n) is 8.07. The first-order valence-corrected chi connectivity index (χ1v) is 9.77. The van der Waals surface area contributed by atoms with E-state index in [4.69, 9.17) is 10.5 Å². The average molecular weight is 417 g/mol. The monoisotopic (exact) mass is 417 g/mol. The maximum Gasteiger partial charge on any atom is 0.321 e. The average Bonchev–Trinajstić information content (AvgIpc) is 3.27. The van der Waals surface area contributed by atoms with E-state index >= 15 is 0 Å². The van der Waals surface area contributed by atoms with Gasteiger partial charge in [-0.1, -0.05) is 0 Å². The Balaban J connectivity index is 1.90. The van der Waals surface area contributed by atoms with Gasteiger partial charge in [0.25, 0.3) is 0 Å². The maximum atomic E-state index is 14.6. The van der Waals surface area contributed by atoms with Crippen molar-refractivity contribution in [3.63, 3.8) is 0 Å². The summed E-state index contributed by atoms with van der Waals surface area (Å²) in [5.74, 6) is -0.00320. The number of halogens is 1. The van der Waals surface area contributed by atoms with Gasteiger partial charge in [-0.25, -0.2) is 14.2 Å². The van der Waals surface area contributed by atoms with Crippen LogP contribution in [0.2, 0.25) is 0 Å². The first kappa shape index (κ1) is 21.6. The van der Waals surface area contributed by atoms with Crippen LogP contribution in [0, 0.1) is 5.82 Å². The van der Waals surface area contributed by atoms with Crippen LogP contribution in [0.15, 0.2) is 18.3 Å². The van der Waals surface area contributed by atoms with E-state index in [1.807, 2.05) is 27.7 Å². The fourth-order valence-electron chi connectivity index (χ4n) is 2.90. The van der Waals surface area contributed by atoms with Gasteiger partial charge < -0.3 is 25.7 Å². The molecular weight excluding hydrogens is 389 g/mol. The van der Waals surface area contributed by atoms with Gasteiger partial charge in [-0.15, -0.1) is 0 Å². The van der Waals surface area contributed by atoms with E-state index in [1.165, 1.54) is 6.07 Å². The maximum absolute atomic E-state index is 14.6. The van der Waals surface area contributed by atoms with Crippen LogP contribution in [0.4, 0.5) is 14.9 Å². The van der Waals surface area contributed by atoms with E-state index in [0.717, 1.165) is 0 Å². The lowest BCUT2D eigenvalue weighted by Gasteiger charge is -2.26. The zero-order valence-electron chi connectivity index (χ0n) is 17.8. The molecule has 0 spiro atoms. The zero-order chi connectivity index (χ0) is 22.1. The highest BCUT2D eigenvalue weighted by Crippen LogP contribution is 2.31. The second-order valence-corrected chi connectivity index (χ2v) is 8.07. The molecule has 3 aromatic rings. The Morgan fingerprint density at radius 1 is 1.40 bits per heavy atom. The molecular formula is C20H28FN7O2. The number of aromatic nitrogens is 4. The summed E-state index contributed by atoms with van der Waals surface area (Å²) in [5, 5.41) is 9.71. The summed E-state index contributed by atoms with van der Waals surface area (Å²) in [5.41, 5.74) is 6.90. The number of carbonyl (C=O) groups excluding carboxylic acids is 1. The lowest BCUT2D eigenvalue weighted by Crippen LogP contribution is -2.36. The van der Waals surface area contributed by atoms with Crippen LogP contribution >= 0.6 is 0 Å². The van der Waals surface area contributed by atoms with E-state index in [-0.39, 0.29) is 17.8 Å². The Labute approximate surface area is 174 Å². The third kappa shape index (κ3) is 4.54. The molecule has 0 saturated heterocycles. The highest BCUT2D eigenvalue weighted by atomic mass is 19.1. The lowest BCUT2D eigenvalue weighted by atomic mass is 10.1. The van der Waals surface area contributed by atoms with Crippen molar-refractivity contribution in [3.8, 4) is 17.3 Å². The van der Waals surface area contributed by atoms with Crippen molar-refractivity contribution < 1.29 is 13.9 Å². The Morgan fingerprint density at radius 2 is 2.13 bits per heavy atom. The summed E-state index contributed by atoms with van der Waals surface area (Å²) in [6.07, 6.45) is 2.15. The molecule has 0 fully saturated rings. The van der Waals surface area contributed by atoms with Crippen LogP contribution in [0.3, 0.4) is 0 Å². The number of rotatable bonds is 7. The summed E-state index contributed by atoms with van der Waals surface area (Å²) >= 11 is 0. The number of aromatic amines is 2. The highest BCUT2D eigenvalue weighted by molar-refractivity contribution is 5.93. The third-order valence-electron chi connectivity index (χ3n) is 4.87. The van der Waals surface area contributed by atoms with E-state index < -0.39 is 11.4 Å². The van der Waals surface area contributed by atoms with E-state index in [0.29, 0.717) is 41.2 Å². The molecule has 0 aliphatic carbocycles. The first-order chi connectivity index (χ1) is 14.1. The molecule has 9 nitrogen and oxygen atoms in total. The molecule has 2 amide bonds. The second kappa shape index (κ2) is 8.31. The van der Waals surface area contributed by atoms with Gasteiger partial charge in [-0.05, 0) is 40.7 Å². The number of imidazole rings is 1. The van der Waals surface area contributed by atoms with Gasteiger partial charge in [0.05, 0.1) is 16.7 Å². The van der Waals surface area contributed by atoms with E-state index in [9.17, 15) is 9.18 Å². The third-order valence-corrected chi connectivity index (χ3v) is 4.87. The molecule has 162 valence electrons. The number of amides is 2. The Bertz CT molecular complexity index is 1040. The van der Waals surface area contributed by atoms with Gasteiger partial charge in [-0.3, -0.25) is 5.10 Å². The number of fused-ring (bicyclic) bond motifs is 1. The number of ether oxygens (including phenoxy) is 1. The molecule has 0 unspecified atom stereocenters. The van der Waals surface area contributed by atoms with Crippen LogP contribution in [0.25, 0.3) is 22.6 Å². The van der Waals surface area contributed by atoms with Crippen LogP contribution in [-0.2, 0) is 0 Å². The molecule has 1 aromatic carbocycles. The van der Waals surface area contributed by atoms with Gasteiger partial charge in [0.2, 0.25) is 0 Å². The molecule has 10 heteroatoms. The summed E-state index contributed by atoms with van der Waals surface area (Å²) in [6.45, 7) is 7.98. The molecule has 0 aliphatic rings. The number of nitrogens with one attached hydrogen (secondary N) is 3. The van der Waals surface area contributed by atoms with Crippen molar-refractivity contribution in [1.82, 2.24) is 25.1 Å². The number of H-pyrrole nitrogens is 2. The number of anilines is 1. The summed E-state index contributed by atoms with van der Waals surface area (Å²) in [7, 11) is 1.71. The minimum absolute atomic E-state index is 0.0384. The fourth-order valence-corrected chi connectivity index (χ4v) is 2.90. The number of benzene rings is 1. The normalized spacial score (nSPS) is 11.9. The van der Waals surface area contributed by atoms with Crippen molar-refractivity contribution in [3.05, 3.63) is 24.1 Å². The van der Waals surface area contributed by atoms with Gasteiger partial charge in [-0.2, -0.15) is 5.10 Å². The van der Waals surface area contributed by atoms with Crippen molar-refractivity contribution in [2.24, 2.45) is 5.73 Å². The first-order valence-electron chi connectivity index (χ1n) is 9.77. The quantitative estimate of drug-likeness (QED) is 0.468. The van der Waals surface area contributed by atoms with Gasteiger partial charge in [0.1, 0.15) is 5.60 Å². The van der Waals surface area contributed by atoms with Crippen molar-refractivity contribution in [1.29, 1.82) is 0 Å². The van der Waals surface area contributed by atoms with Crippen molar-refractivity contribution in [2.75, 3.05) is 18.9 Å². The number of carbonyl (C=O) groups is 1. The number of hydrogen-bond acceptors (Lipinski definition) is 5. The van der Waals surface area contributed by atoms with Crippen LogP contribution in [0.1, 0.15) is 34.1 Å². The van der Waals surface area contributed by atoms with Gasteiger partial charge >= 0.3 is 6.03 Å².